The van der Waals surface area contributed by atoms with Crippen LogP contribution in [0.3, 0.4) is 0 Å². The van der Waals surface area contributed by atoms with Crippen LogP contribution in [0.25, 0.3) is 0 Å². The Morgan fingerprint density at radius 3 is 2.27 bits per heavy atom. The molecule has 1 fully saturated rings. The highest BCUT2D eigenvalue weighted by molar-refractivity contribution is 6.34. The van der Waals surface area contributed by atoms with Crippen molar-refractivity contribution in [1.82, 2.24) is 0 Å². The number of anilines is 2. The van der Waals surface area contributed by atoms with Crippen LogP contribution in [0.1, 0.15) is 28.7 Å². The fraction of sp³-hybridized carbons (Fsp3) is 0.333. The molecule has 0 spiro atoms. The Labute approximate surface area is 158 Å². The van der Waals surface area contributed by atoms with E-state index in [4.69, 9.17) is 11.6 Å². The molecule has 5 heteroatoms. The summed E-state index contributed by atoms with van der Waals surface area (Å²) < 4.78 is 0. The third-order valence-corrected chi connectivity index (χ3v) is 5.30. The van der Waals surface area contributed by atoms with Crippen molar-refractivity contribution in [3.63, 3.8) is 0 Å². The van der Waals surface area contributed by atoms with Gasteiger partial charge in [-0.1, -0.05) is 29.8 Å². The molecular weight excluding hydrogens is 348 g/mol. The van der Waals surface area contributed by atoms with Crippen LogP contribution in [-0.2, 0) is 9.59 Å². The van der Waals surface area contributed by atoms with E-state index in [-0.39, 0.29) is 23.7 Å². The van der Waals surface area contributed by atoms with Crippen molar-refractivity contribution < 1.29 is 9.59 Å². The van der Waals surface area contributed by atoms with Gasteiger partial charge in [-0.2, -0.15) is 0 Å². The lowest BCUT2D eigenvalue weighted by Crippen LogP contribution is -2.21. The minimum Gasteiger partial charge on any atom is -0.326 e. The van der Waals surface area contributed by atoms with Crippen LogP contribution in [0.15, 0.2) is 30.3 Å². The molecule has 1 saturated carbocycles. The van der Waals surface area contributed by atoms with Gasteiger partial charge in [-0.25, -0.2) is 0 Å². The van der Waals surface area contributed by atoms with Gasteiger partial charge in [-0.05, 0) is 68.5 Å². The first-order valence-electron chi connectivity index (χ1n) is 8.72. The summed E-state index contributed by atoms with van der Waals surface area (Å²) in [6.45, 7) is 7.85. The van der Waals surface area contributed by atoms with Gasteiger partial charge in [0.05, 0.1) is 22.5 Å². The number of aryl methyl sites for hydroxylation is 3. The first-order valence-corrected chi connectivity index (χ1v) is 9.10. The molecular formula is C21H23ClN2O2. The van der Waals surface area contributed by atoms with Crippen LogP contribution in [0, 0.1) is 39.5 Å². The monoisotopic (exact) mass is 370 g/mol. The topological polar surface area (TPSA) is 58.2 Å². The Hall–Kier alpha value is -2.33. The number of nitrogens with one attached hydrogen (secondary N) is 2. The van der Waals surface area contributed by atoms with E-state index >= 15 is 0 Å². The third kappa shape index (κ3) is 3.75. The van der Waals surface area contributed by atoms with E-state index < -0.39 is 0 Å². The number of carbonyl (C=O) groups is 2. The standard InChI is InChI=1S/C21H23ClN2O2/c1-11-8-13(3)19(17(22)9-11)24-21(26)16-10-15(16)20(25)23-18-7-5-6-12(2)14(18)4/h5-9,15-16H,10H2,1-4H3,(H,23,25)(H,24,26). The van der Waals surface area contributed by atoms with Gasteiger partial charge in [-0.15, -0.1) is 0 Å². The number of amides is 2. The fourth-order valence-electron chi connectivity index (χ4n) is 3.18. The average Bonchev–Trinajstić information content (AvgIpc) is 3.36. The summed E-state index contributed by atoms with van der Waals surface area (Å²) in [7, 11) is 0. The predicted molar refractivity (Wildman–Crippen MR) is 106 cm³/mol. The maximum Gasteiger partial charge on any atom is 0.228 e. The number of halogens is 1. The van der Waals surface area contributed by atoms with Gasteiger partial charge in [0.25, 0.3) is 0 Å². The van der Waals surface area contributed by atoms with Crippen molar-refractivity contribution >= 4 is 34.8 Å². The number of rotatable bonds is 4. The zero-order valence-corrected chi connectivity index (χ0v) is 16.2. The van der Waals surface area contributed by atoms with Gasteiger partial charge in [0.2, 0.25) is 11.8 Å². The summed E-state index contributed by atoms with van der Waals surface area (Å²) in [5.74, 6) is -0.859. The summed E-state index contributed by atoms with van der Waals surface area (Å²) >= 11 is 6.25. The SMILES string of the molecule is Cc1cc(C)c(NC(=O)C2CC2C(=O)Nc2cccc(C)c2C)c(Cl)c1. The number of benzene rings is 2. The van der Waals surface area contributed by atoms with Gasteiger partial charge in [0, 0.05) is 5.69 Å². The molecule has 2 N–H and O–H groups in total. The molecule has 2 unspecified atom stereocenters. The Morgan fingerprint density at radius 2 is 1.62 bits per heavy atom. The van der Waals surface area contributed by atoms with Crippen molar-refractivity contribution in [2.75, 3.05) is 10.6 Å². The minimum atomic E-state index is -0.308. The van der Waals surface area contributed by atoms with Gasteiger partial charge in [0.15, 0.2) is 0 Å². The van der Waals surface area contributed by atoms with Crippen molar-refractivity contribution in [2.24, 2.45) is 11.8 Å². The Morgan fingerprint density at radius 1 is 0.962 bits per heavy atom. The highest BCUT2D eigenvalue weighted by Gasteiger charge is 2.48. The maximum absolute atomic E-state index is 12.5. The maximum atomic E-state index is 12.5. The molecule has 1 aliphatic carbocycles. The van der Waals surface area contributed by atoms with Crippen LogP contribution in [0.5, 0.6) is 0 Å². The van der Waals surface area contributed by atoms with Gasteiger partial charge < -0.3 is 10.6 Å². The Bertz CT molecular complexity index is 869. The van der Waals surface area contributed by atoms with E-state index in [0.717, 1.165) is 27.9 Å². The van der Waals surface area contributed by atoms with Gasteiger partial charge >= 0.3 is 0 Å². The first kappa shape index (κ1) is 18.5. The van der Waals surface area contributed by atoms with E-state index in [1.54, 1.807) is 0 Å². The fourth-order valence-corrected chi connectivity index (χ4v) is 3.54. The quantitative estimate of drug-likeness (QED) is 0.813. The molecule has 1 aliphatic rings. The van der Waals surface area contributed by atoms with Gasteiger partial charge in [0.1, 0.15) is 0 Å². The summed E-state index contributed by atoms with van der Waals surface area (Å²) in [5, 5.41) is 6.35. The first-order chi connectivity index (χ1) is 12.3. The lowest BCUT2D eigenvalue weighted by Gasteiger charge is -2.12. The zero-order valence-electron chi connectivity index (χ0n) is 15.4. The molecule has 26 heavy (non-hydrogen) atoms. The molecule has 2 aromatic carbocycles. The van der Waals surface area contributed by atoms with Crippen molar-refractivity contribution in [3.05, 3.63) is 57.6 Å². The highest BCUT2D eigenvalue weighted by atomic mass is 35.5. The highest BCUT2D eigenvalue weighted by Crippen LogP contribution is 2.41. The van der Waals surface area contributed by atoms with Crippen molar-refractivity contribution in [2.45, 2.75) is 34.1 Å². The Balaban J connectivity index is 1.64. The van der Waals surface area contributed by atoms with E-state index in [1.807, 2.05) is 58.0 Å². The number of carbonyl (C=O) groups excluding carboxylic acids is 2. The zero-order chi connectivity index (χ0) is 19.0. The van der Waals surface area contributed by atoms with E-state index in [2.05, 4.69) is 10.6 Å². The minimum absolute atomic E-state index is 0.106. The average molecular weight is 371 g/mol. The largest absolute Gasteiger partial charge is 0.326 e. The molecule has 0 bridgehead atoms. The second-order valence-electron chi connectivity index (χ2n) is 7.11. The molecule has 0 aromatic heterocycles. The van der Waals surface area contributed by atoms with Crippen LogP contribution in [0.2, 0.25) is 5.02 Å². The molecule has 4 nitrogen and oxygen atoms in total. The van der Waals surface area contributed by atoms with Crippen LogP contribution in [0.4, 0.5) is 11.4 Å². The van der Waals surface area contributed by atoms with Crippen molar-refractivity contribution in [1.29, 1.82) is 0 Å². The summed E-state index contributed by atoms with van der Waals surface area (Å²) in [5.41, 5.74) is 5.56. The number of hydrogen-bond acceptors (Lipinski definition) is 2. The molecule has 2 amide bonds. The van der Waals surface area contributed by atoms with E-state index in [1.165, 1.54) is 0 Å². The lowest BCUT2D eigenvalue weighted by atomic mass is 10.1. The normalized spacial score (nSPS) is 18.3. The molecule has 0 saturated heterocycles. The second-order valence-corrected chi connectivity index (χ2v) is 7.52. The number of hydrogen-bond donors (Lipinski definition) is 2. The molecule has 136 valence electrons. The molecule has 2 atom stereocenters. The van der Waals surface area contributed by atoms with Crippen molar-refractivity contribution in [3.8, 4) is 0 Å². The molecule has 0 aliphatic heterocycles. The summed E-state index contributed by atoms with van der Waals surface area (Å²) in [4.78, 5) is 25.0. The molecule has 0 heterocycles. The van der Waals surface area contributed by atoms with E-state index in [9.17, 15) is 9.59 Å². The van der Waals surface area contributed by atoms with Crippen LogP contribution in [-0.4, -0.2) is 11.8 Å². The Kier molecular flexibility index (Phi) is 5.05. The van der Waals surface area contributed by atoms with Crippen LogP contribution >= 0.6 is 11.6 Å². The molecule has 2 aromatic rings. The molecule has 0 radical (unpaired) electrons. The third-order valence-electron chi connectivity index (χ3n) is 5.01. The lowest BCUT2D eigenvalue weighted by molar-refractivity contribution is -0.122. The predicted octanol–water partition coefficient (Wildman–Crippen LogP) is 4.79. The second kappa shape index (κ2) is 7.12. The smallest absolute Gasteiger partial charge is 0.228 e. The molecule has 3 rings (SSSR count). The summed E-state index contributed by atoms with van der Waals surface area (Å²) in [6.07, 6.45) is 0.561. The van der Waals surface area contributed by atoms with E-state index in [0.29, 0.717) is 17.1 Å². The summed E-state index contributed by atoms with van der Waals surface area (Å²) in [6, 6.07) is 9.59. The van der Waals surface area contributed by atoms with Crippen LogP contribution < -0.4 is 10.6 Å². The van der Waals surface area contributed by atoms with Gasteiger partial charge in [-0.3, -0.25) is 9.59 Å².